The van der Waals surface area contributed by atoms with E-state index < -0.39 is 69.0 Å². The number of sulfonamides is 2. The molecule has 0 aliphatic carbocycles. The number of nitrogens with zero attached hydrogens (tertiary/aromatic N) is 2. The molecule has 2 amide bonds. The molecule has 4 aromatic rings. The summed E-state index contributed by atoms with van der Waals surface area (Å²) in [6.07, 6.45) is 1.02. The first-order valence-electron chi connectivity index (χ1n) is 19.7. The van der Waals surface area contributed by atoms with Gasteiger partial charge < -0.3 is 52.4 Å². The summed E-state index contributed by atoms with van der Waals surface area (Å²) in [4.78, 5) is 55.6. The Morgan fingerprint density at radius 2 is 1.12 bits per heavy atom. The molecule has 12 N–H and O–H groups in total. The van der Waals surface area contributed by atoms with Crippen molar-refractivity contribution in [2.75, 3.05) is 52.5 Å². The van der Waals surface area contributed by atoms with E-state index in [1.807, 2.05) is 0 Å². The third-order valence-corrected chi connectivity index (χ3v) is 11.7. The Bertz CT molecular complexity index is 2480. The van der Waals surface area contributed by atoms with Gasteiger partial charge in [-0.3, -0.25) is 29.2 Å². The molecule has 2 unspecified atom stereocenters. The zero-order valence-corrected chi connectivity index (χ0v) is 36.4. The van der Waals surface area contributed by atoms with Crippen molar-refractivity contribution in [2.24, 2.45) is 21.5 Å². The van der Waals surface area contributed by atoms with Crippen LogP contribution in [0.3, 0.4) is 0 Å². The van der Waals surface area contributed by atoms with E-state index in [1.165, 1.54) is 72.8 Å². The Balaban J connectivity index is 0.000000286. The van der Waals surface area contributed by atoms with Crippen molar-refractivity contribution in [1.82, 2.24) is 30.7 Å². The molecule has 0 bridgehead atoms. The summed E-state index contributed by atoms with van der Waals surface area (Å²) in [5.74, 6) is -2.18. The predicted molar refractivity (Wildman–Crippen MR) is 239 cm³/mol. The van der Waals surface area contributed by atoms with Gasteiger partial charge in [0, 0.05) is 37.3 Å². The van der Waals surface area contributed by atoms with E-state index in [-0.39, 0.29) is 40.0 Å². The summed E-state index contributed by atoms with van der Waals surface area (Å²) < 4.78 is 64.6. The minimum Gasteiger partial charge on any atom is -0.492 e. The van der Waals surface area contributed by atoms with Gasteiger partial charge in [-0.2, -0.15) is 9.44 Å². The van der Waals surface area contributed by atoms with Crippen LogP contribution in [0.25, 0.3) is 0 Å². The Hall–Kier alpha value is -7.28. The second-order valence-electron chi connectivity index (χ2n) is 13.6. The summed E-state index contributed by atoms with van der Waals surface area (Å²) in [5, 5.41) is 29.8. The highest BCUT2D eigenvalue weighted by molar-refractivity contribution is 7.89. The van der Waals surface area contributed by atoms with Crippen LogP contribution in [0, 0.1) is 0 Å². The van der Waals surface area contributed by atoms with Gasteiger partial charge in [-0.25, -0.2) is 16.8 Å². The van der Waals surface area contributed by atoms with Gasteiger partial charge in [0.05, 0.1) is 22.9 Å². The summed E-state index contributed by atoms with van der Waals surface area (Å²) in [5.41, 5.74) is 10.9. The van der Waals surface area contributed by atoms with Gasteiger partial charge in [-0.15, -0.1) is 0 Å². The maximum Gasteiger partial charge on any atom is 0.323 e. The molecule has 0 fully saturated rings. The zero-order chi connectivity index (χ0) is 47.2. The van der Waals surface area contributed by atoms with E-state index in [2.05, 4.69) is 40.7 Å². The molecule has 1 heterocycles. The minimum atomic E-state index is -4.06. The molecule has 1 aliphatic rings. The predicted octanol–water partition coefficient (Wildman–Crippen LogP) is -0.334. The standard InChI is InChI=1S/C22H27N5O6S.C19H23N5O6S/c28-20(26-15-19(21(29)30)27-34(31,32)18-5-2-1-3-6-18)16-7-9-17(10-8-16)33-14-13-25-22-23-11-4-12-24-22;20-19(21)22-10-11-30-14-8-6-13(7-9-14)17(25)23-12-16(18(26)27)24-31(28,29)15-4-2-1-3-5-15/h1-3,5-10,19,27H,4,11-15H2,(H,26,28)(H,29,30)(H2,23,24,25);1-9,16,24H,10-12H2,(H,23,25)(H,26,27)(H4,20,21,22). The van der Waals surface area contributed by atoms with Gasteiger partial charge in [0.1, 0.15) is 36.8 Å². The monoisotopic (exact) mass is 938 g/mol. The van der Waals surface area contributed by atoms with Gasteiger partial charge in [-0.1, -0.05) is 36.4 Å². The number of carbonyl (C=O) groups is 4. The number of aliphatic imine (C=N–C) groups is 2. The fourth-order valence-corrected chi connectivity index (χ4v) is 7.82. The molecule has 1 aliphatic heterocycles. The molecule has 5 rings (SSSR count). The number of benzene rings is 4. The molecule has 2 atom stereocenters. The highest BCUT2D eigenvalue weighted by atomic mass is 32.2. The lowest BCUT2D eigenvalue weighted by Gasteiger charge is -2.16. The Morgan fingerprint density at radius 3 is 1.52 bits per heavy atom. The zero-order valence-electron chi connectivity index (χ0n) is 34.8. The normalized spacial score (nSPS) is 13.1. The molecule has 348 valence electrons. The highest BCUT2D eigenvalue weighted by Crippen LogP contribution is 2.14. The quantitative estimate of drug-likeness (QED) is 0.0274. The summed E-state index contributed by atoms with van der Waals surface area (Å²) in [6.45, 7) is 2.29. The fourth-order valence-electron chi connectivity index (χ4n) is 5.39. The van der Waals surface area contributed by atoms with Gasteiger partial charge in [-0.05, 0) is 79.2 Å². The average Bonchev–Trinajstić information content (AvgIpc) is 3.30. The molecule has 65 heavy (non-hydrogen) atoms. The maximum atomic E-state index is 12.4. The highest BCUT2D eigenvalue weighted by Gasteiger charge is 2.27. The number of nitrogens with two attached hydrogens (primary N) is 2. The number of guanidine groups is 2. The first kappa shape index (κ1) is 50.4. The van der Waals surface area contributed by atoms with Crippen molar-refractivity contribution in [3.8, 4) is 11.5 Å². The molecular weight excluding hydrogens is 889 g/mol. The van der Waals surface area contributed by atoms with E-state index >= 15 is 0 Å². The number of aliphatic carboxylic acids is 2. The van der Waals surface area contributed by atoms with Crippen LogP contribution in [0.4, 0.5) is 0 Å². The second-order valence-corrected chi connectivity index (χ2v) is 17.0. The lowest BCUT2D eigenvalue weighted by Crippen LogP contribution is -2.48. The number of nitrogens with one attached hydrogen (secondary N) is 6. The van der Waals surface area contributed by atoms with Crippen LogP contribution in [-0.4, -0.2) is 127 Å². The van der Waals surface area contributed by atoms with Crippen LogP contribution in [-0.2, 0) is 29.6 Å². The van der Waals surface area contributed by atoms with Crippen LogP contribution in [0.15, 0.2) is 129 Å². The van der Waals surface area contributed by atoms with E-state index in [9.17, 15) is 46.2 Å². The van der Waals surface area contributed by atoms with E-state index in [1.54, 1.807) is 36.4 Å². The summed E-state index contributed by atoms with van der Waals surface area (Å²) in [6, 6.07) is 24.0. The fraction of sp³-hybridized carbons (Fsp3) is 0.268. The van der Waals surface area contributed by atoms with Crippen molar-refractivity contribution >= 4 is 55.7 Å². The van der Waals surface area contributed by atoms with Crippen LogP contribution >= 0.6 is 0 Å². The second kappa shape index (κ2) is 25.1. The van der Waals surface area contributed by atoms with Crippen LogP contribution < -0.4 is 51.7 Å². The number of carboxylic acid groups (broad SMARTS) is 2. The molecule has 24 heteroatoms. The van der Waals surface area contributed by atoms with Gasteiger partial charge in [0.25, 0.3) is 11.8 Å². The van der Waals surface area contributed by atoms with Crippen LogP contribution in [0.5, 0.6) is 11.5 Å². The smallest absolute Gasteiger partial charge is 0.323 e. The van der Waals surface area contributed by atoms with E-state index in [0.717, 1.165) is 25.5 Å². The van der Waals surface area contributed by atoms with Gasteiger partial charge >= 0.3 is 11.9 Å². The Kier molecular flexibility index (Phi) is 19.5. The Morgan fingerprint density at radius 1 is 0.677 bits per heavy atom. The molecule has 0 aromatic heterocycles. The first-order chi connectivity index (χ1) is 31.0. The van der Waals surface area contributed by atoms with Crippen molar-refractivity contribution in [3.05, 3.63) is 120 Å². The van der Waals surface area contributed by atoms with Crippen LogP contribution in [0.2, 0.25) is 0 Å². The molecule has 0 spiro atoms. The third-order valence-electron chi connectivity index (χ3n) is 8.68. The number of hydrogen-bond donors (Lipinski definition) is 10. The lowest BCUT2D eigenvalue weighted by atomic mass is 10.2. The maximum absolute atomic E-state index is 12.4. The topological polar surface area (TPSA) is 344 Å². The van der Waals surface area contributed by atoms with Crippen molar-refractivity contribution in [2.45, 2.75) is 28.3 Å². The molecule has 0 saturated carbocycles. The molecule has 0 saturated heterocycles. The van der Waals surface area contributed by atoms with Gasteiger partial charge in [0.15, 0.2) is 11.9 Å². The number of carboxylic acids is 2. The Labute approximate surface area is 375 Å². The molecule has 0 radical (unpaired) electrons. The first-order valence-corrected chi connectivity index (χ1v) is 22.7. The van der Waals surface area contributed by atoms with Crippen molar-refractivity contribution in [1.29, 1.82) is 0 Å². The molecule has 22 nitrogen and oxygen atoms in total. The summed E-state index contributed by atoms with van der Waals surface area (Å²) >= 11 is 0. The van der Waals surface area contributed by atoms with E-state index in [4.69, 9.17) is 20.9 Å². The number of ether oxygens (including phenoxy) is 2. The third kappa shape index (κ3) is 17.4. The molecular formula is C41H50N10O12S2. The van der Waals surface area contributed by atoms with E-state index in [0.29, 0.717) is 24.7 Å². The lowest BCUT2D eigenvalue weighted by molar-refractivity contribution is -0.139. The number of rotatable bonds is 22. The van der Waals surface area contributed by atoms with Gasteiger partial charge in [0.2, 0.25) is 20.0 Å². The number of amides is 2. The average molecular weight is 939 g/mol. The number of carbonyl (C=O) groups excluding carboxylic acids is 2. The van der Waals surface area contributed by atoms with Crippen molar-refractivity contribution < 1.29 is 55.7 Å². The van der Waals surface area contributed by atoms with Crippen LogP contribution in [0.1, 0.15) is 27.1 Å². The summed E-state index contributed by atoms with van der Waals surface area (Å²) in [7, 11) is -8.12. The SMILES string of the molecule is NC(N)=NCCOc1ccc(C(=O)NCC(NS(=O)(=O)c2ccccc2)C(=O)O)cc1.O=C(NCC(NS(=O)(=O)c1ccccc1)C(=O)O)c1ccc(OCCNC2=NCCCN2)cc1. The van der Waals surface area contributed by atoms with Crippen molar-refractivity contribution in [3.63, 3.8) is 0 Å². The number of hydrogen-bond acceptors (Lipinski definition) is 14. The molecule has 4 aromatic carbocycles. The minimum absolute atomic E-state index is 0.0404. The largest absolute Gasteiger partial charge is 0.492 e.